The highest BCUT2D eigenvalue weighted by Crippen LogP contribution is 2.18. The minimum absolute atomic E-state index is 0.214. The lowest BCUT2D eigenvalue weighted by Crippen LogP contribution is -2.52. The van der Waals surface area contributed by atoms with Gasteiger partial charge in [-0.25, -0.2) is 0 Å². The molecular weight excluding hydrogens is 278 g/mol. The molecule has 0 aromatic heterocycles. The zero-order chi connectivity index (χ0) is 15.1. The predicted molar refractivity (Wildman–Crippen MR) is 79.4 cm³/mol. The van der Waals surface area contributed by atoms with Crippen LogP contribution in [0, 0.1) is 0 Å². The molecule has 7 heteroatoms. The summed E-state index contributed by atoms with van der Waals surface area (Å²) in [5.74, 6) is 0.334. The van der Waals surface area contributed by atoms with Crippen LogP contribution in [-0.2, 0) is 14.4 Å². The number of carbonyl (C=O) groups is 3. The van der Waals surface area contributed by atoms with Crippen LogP contribution in [0.3, 0.4) is 0 Å². The third-order valence-corrected chi connectivity index (χ3v) is 4.00. The van der Waals surface area contributed by atoms with Crippen LogP contribution in [0.15, 0.2) is 0 Å². The van der Waals surface area contributed by atoms with Gasteiger partial charge in [-0.2, -0.15) is 11.8 Å². The molecule has 0 unspecified atom stereocenters. The summed E-state index contributed by atoms with van der Waals surface area (Å²) in [7, 11) is 0. The SMILES string of the molecule is CSCC[C@@H](C=O)NC(=O)[C@@H]1CCCN1C(=O)[C@H](C)N. The van der Waals surface area contributed by atoms with Crippen molar-refractivity contribution in [3.63, 3.8) is 0 Å². The third-order valence-electron chi connectivity index (χ3n) is 3.35. The average Bonchev–Trinajstić information content (AvgIpc) is 2.91. The Morgan fingerprint density at radius 1 is 1.55 bits per heavy atom. The van der Waals surface area contributed by atoms with E-state index in [2.05, 4.69) is 5.32 Å². The fourth-order valence-electron chi connectivity index (χ4n) is 2.26. The monoisotopic (exact) mass is 301 g/mol. The summed E-state index contributed by atoms with van der Waals surface area (Å²) in [6.45, 7) is 2.16. The van der Waals surface area contributed by atoms with E-state index in [1.807, 2.05) is 6.26 Å². The summed E-state index contributed by atoms with van der Waals surface area (Å²) in [6, 6.07) is -1.59. The van der Waals surface area contributed by atoms with Crippen molar-refractivity contribution in [1.29, 1.82) is 0 Å². The van der Waals surface area contributed by atoms with Crippen LogP contribution in [-0.4, -0.2) is 59.7 Å². The molecule has 0 aromatic rings. The summed E-state index contributed by atoms with van der Waals surface area (Å²) in [4.78, 5) is 36.6. The van der Waals surface area contributed by atoms with E-state index < -0.39 is 18.1 Å². The van der Waals surface area contributed by atoms with Gasteiger partial charge in [-0.05, 0) is 38.2 Å². The highest BCUT2D eigenvalue weighted by atomic mass is 32.2. The molecule has 6 nitrogen and oxygen atoms in total. The molecule has 0 radical (unpaired) electrons. The number of nitrogens with two attached hydrogens (primary N) is 1. The zero-order valence-electron chi connectivity index (χ0n) is 12.0. The summed E-state index contributed by atoms with van der Waals surface area (Å²) >= 11 is 1.62. The molecule has 0 bridgehead atoms. The average molecular weight is 301 g/mol. The van der Waals surface area contributed by atoms with Gasteiger partial charge in [0.2, 0.25) is 11.8 Å². The van der Waals surface area contributed by atoms with Crippen LogP contribution in [0.2, 0.25) is 0 Å². The Kier molecular flexibility index (Phi) is 7.01. The van der Waals surface area contributed by atoms with Crippen molar-refractivity contribution < 1.29 is 14.4 Å². The van der Waals surface area contributed by atoms with Crippen molar-refractivity contribution in [2.75, 3.05) is 18.6 Å². The lowest BCUT2D eigenvalue weighted by Gasteiger charge is -2.26. The van der Waals surface area contributed by atoms with Crippen LogP contribution in [0.4, 0.5) is 0 Å². The molecule has 3 atom stereocenters. The molecule has 1 aliphatic rings. The molecule has 1 saturated heterocycles. The second-order valence-corrected chi connectivity index (χ2v) is 6.00. The Balaban J connectivity index is 2.60. The number of carbonyl (C=O) groups excluding carboxylic acids is 3. The van der Waals surface area contributed by atoms with Crippen LogP contribution < -0.4 is 11.1 Å². The lowest BCUT2D eigenvalue weighted by atomic mass is 10.1. The van der Waals surface area contributed by atoms with Crippen LogP contribution >= 0.6 is 11.8 Å². The molecule has 1 heterocycles. The van der Waals surface area contributed by atoms with Gasteiger partial charge in [-0.3, -0.25) is 9.59 Å². The Bertz CT molecular complexity index is 363. The van der Waals surface area contributed by atoms with Crippen molar-refractivity contribution in [1.82, 2.24) is 10.2 Å². The summed E-state index contributed by atoms with van der Waals surface area (Å²) in [6.07, 6.45) is 4.71. The highest BCUT2D eigenvalue weighted by molar-refractivity contribution is 7.98. The Hall–Kier alpha value is -1.08. The van der Waals surface area contributed by atoms with E-state index in [1.165, 1.54) is 4.90 Å². The molecular formula is C13H23N3O3S. The molecule has 1 aliphatic heterocycles. The number of nitrogens with one attached hydrogen (secondary N) is 1. The van der Waals surface area contributed by atoms with E-state index in [9.17, 15) is 14.4 Å². The van der Waals surface area contributed by atoms with Gasteiger partial charge >= 0.3 is 0 Å². The van der Waals surface area contributed by atoms with Gasteiger partial charge in [0, 0.05) is 6.54 Å². The quantitative estimate of drug-likeness (QED) is 0.633. The molecule has 1 fully saturated rings. The predicted octanol–water partition coefficient (Wildman–Crippen LogP) is -0.239. The molecule has 0 aromatic carbocycles. The second kappa shape index (κ2) is 8.26. The standard InChI is InChI=1S/C13H23N3O3S/c1-9(14)13(19)16-6-3-4-11(16)12(18)15-10(8-17)5-7-20-2/h8-11H,3-7,14H2,1-2H3,(H,15,18)/t9-,10-,11-/m0/s1. The minimum Gasteiger partial charge on any atom is -0.345 e. The first-order chi connectivity index (χ1) is 9.51. The van der Waals surface area contributed by atoms with Crippen molar-refractivity contribution >= 4 is 29.9 Å². The maximum atomic E-state index is 12.2. The Morgan fingerprint density at radius 2 is 2.25 bits per heavy atom. The fraction of sp³-hybridized carbons (Fsp3) is 0.769. The number of nitrogens with zero attached hydrogens (tertiary/aromatic N) is 1. The molecule has 0 saturated carbocycles. The van der Waals surface area contributed by atoms with E-state index in [1.54, 1.807) is 18.7 Å². The molecule has 114 valence electrons. The van der Waals surface area contributed by atoms with E-state index >= 15 is 0 Å². The number of aldehydes is 1. The van der Waals surface area contributed by atoms with Crippen LogP contribution in [0.1, 0.15) is 26.2 Å². The van der Waals surface area contributed by atoms with Gasteiger partial charge in [-0.1, -0.05) is 0 Å². The smallest absolute Gasteiger partial charge is 0.243 e. The molecule has 0 spiro atoms. The van der Waals surface area contributed by atoms with Gasteiger partial charge < -0.3 is 20.7 Å². The van der Waals surface area contributed by atoms with Gasteiger partial charge in [-0.15, -0.1) is 0 Å². The first-order valence-electron chi connectivity index (χ1n) is 6.82. The van der Waals surface area contributed by atoms with E-state index in [-0.39, 0.29) is 11.8 Å². The first-order valence-corrected chi connectivity index (χ1v) is 8.21. The van der Waals surface area contributed by atoms with Crippen molar-refractivity contribution in [3.8, 4) is 0 Å². The van der Waals surface area contributed by atoms with Gasteiger partial charge in [0.05, 0.1) is 12.1 Å². The van der Waals surface area contributed by atoms with Crippen LogP contribution in [0.5, 0.6) is 0 Å². The van der Waals surface area contributed by atoms with E-state index in [0.29, 0.717) is 19.4 Å². The van der Waals surface area contributed by atoms with E-state index in [4.69, 9.17) is 5.73 Å². The number of rotatable bonds is 7. The van der Waals surface area contributed by atoms with Crippen molar-refractivity contribution in [2.45, 2.75) is 44.3 Å². The van der Waals surface area contributed by atoms with Crippen molar-refractivity contribution in [3.05, 3.63) is 0 Å². The third kappa shape index (κ3) is 4.49. The lowest BCUT2D eigenvalue weighted by molar-refractivity contribution is -0.139. The zero-order valence-corrected chi connectivity index (χ0v) is 12.8. The van der Waals surface area contributed by atoms with Gasteiger partial charge in [0.1, 0.15) is 12.3 Å². The maximum absolute atomic E-state index is 12.2. The highest BCUT2D eigenvalue weighted by Gasteiger charge is 2.35. The van der Waals surface area contributed by atoms with Crippen LogP contribution in [0.25, 0.3) is 0 Å². The number of hydrogen-bond acceptors (Lipinski definition) is 5. The molecule has 2 amide bonds. The Labute approximate surface area is 123 Å². The molecule has 1 rings (SSSR count). The number of likely N-dealkylation sites (tertiary alicyclic amines) is 1. The number of thioether (sulfide) groups is 1. The second-order valence-electron chi connectivity index (χ2n) is 5.01. The minimum atomic E-state index is -0.609. The fourth-order valence-corrected chi connectivity index (χ4v) is 2.75. The topological polar surface area (TPSA) is 92.5 Å². The maximum Gasteiger partial charge on any atom is 0.243 e. The van der Waals surface area contributed by atoms with Gasteiger partial charge in [0.15, 0.2) is 0 Å². The normalized spacial score (nSPS) is 21.4. The van der Waals surface area contributed by atoms with E-state index in [0.717, 1.165) is 18.5 Å². The van der Waals surface area contributed by atoms with Crippen molar-refractivity contribution in [2.24, 2.45) is 5.73 Å². The van der Waals surface area contributed by atoms with Gasteiger partial charge in [0.25, 0.3) is 0 Å². The Morgan fingerprint density at radius 3 is 2.80 bits per heavy atom. The first kappa shape index (κ1) is 17.0. The molecule has 20 heavy (non-hydrogen) atoms. The number of amides is 2. The summed E-state index contributed by atoms with van der Waals surface area (Å²) in [5.41, 5.74) is 5.59. The largest absolute Gasteiger partial charge is 0.345 e. The molecule has 0 aliphatic carbocycles. The number of hydrogen-bond donors (Lipinski definition) is 2. The summed E-state index contributed by atoms with van der Waals surface area (Å²) < 4.78 is 0. The molecule has 3 N–H and O–H groups in total. The summed E-state index contributed by atoms with van der Waals surface area (Å²) in [5, 5.41) is 2.71.